The Kier molecular flexibility index (Phi) is 5.25. The molecule has 0 radical (unpaired) electrons. The lowest BCUT2D eigenvalue weighted by Gasteiger charge is -2.35. The maximum atomic E-state index is 13.1. The van der Waals surface area contributed by atoms with Crippen LogP contribution in [-0.2, 0) is 13.0 Å². The molecule has 4 heterocycles. The minimum Gasteiger partial charge on any atom is -0.333 e. The molecule has 2 bridgehead atoms. The van der Waals surface area contributed by atoms with Gasteiger partial charge < -0.3 is 4.90 Å². The van der Waals surface area contributed by atoms with Crippen molar-refractivity contribution >= 4 is 5.91 Å². The van der Waals surface area contributed by atoms with Crippen molar-refractivity contribution in [3.8, 4) is 0 Å². The van der Waals surface area contributed by atoms with Gasteiger partial charge in [-0.3, -0.25) is 14.8 Å². The van der Waals surface area contributed by atoms with Gasteiger partial charge in [-0.1, -0.05) is 25.5 Å². The number of halogens is 1. The van der Waals surface area contributed by atoms with Gasteiger partial charge in [0.1, 0.15) is 11.5 Å². The zero-order valence-electron chi connectivity index (χ0n) is 15.8. The summed E-state index contributed by atoms with van der Waals surface area (Å²) in [7, 11) is 0. The summed E-state index contributed by atoms with van der Waals surface area (Å²) >= 11 is 0. The van der Waals surface area contributed by atoms with Crippen molar-refractivity contribution in [1.82, 2.24) is 20.0 Å². The van der Waals surface area contributed by atoms with E-state index in [0.29, 0.717) is 11.6 Å². The van der Waals surface area contributed by atoms with Gasteiger partial charge >= 0.3 is 0 Å². The molecule has 27 heavy (non-hydrogen) atoms. The third kappa shape index (κ3) is 4.05. The molecule has 144 valence electrons. The van der Waals surface area contributed by atoms with Gasteiger partial charge in [0.25, 0.3) is 5.91 Å². The first kappa shape index (κ1) is 18.2. The summed E-state index contributed by atoms with van der Waals surface area (Å²) in [5.74, 6) is 0.335. The lowest BCUT2D eigenvalue weighted by molar-refractivity contribution is 0.0579. The van der Waals surface area contributed by atoms with Crippen LogP contribution in [0.3, 0.4) is 0 Å². The summed E-state index contributed by atoms with van der Waals surface area (Å²) in [6.07, 6.45) is 4.15. The second-order valence-corrected chi connectivity index (χ2v) is 7.90. The van der Waals surface area contributed by atoms with Gasteiger partial charge in [0.05, 0.1) is 0 Å². The molecule has 5 rings (SSSR count). The van der Waals surface area contributed by atoms with Crippen LogP contribution in [0.4, 0.5) is 4.39 Å². The number of carbonyl (C=O) groups is 1. The Morgan fingerprint density at radius 3 is 2.81 bits per heavy atom. The van der Waals surface area contributed by atoms with Crippen molar-refractivity contribution in [3.05, 3.63) is 53.1 Å². The molecular formula is C21H27FN4O. The molecule has 1 amide bonds. The zero-order valence-corrected chi connectivity index (χ0v) is 15.8. The Morgan fingerprint density at radius 2 is 2.04 bits per heavy atom. The highest BCUT2D eigenvalue weighted by atomic mass is 19.1. The van der Waals surface area contributed by atoms with E-state index >= 15 is 0 Å². The van der Waals surface area contributed by atoms with E-state index in [4.69, 9.17) is 0 Å². The number of amides is 1. The molecule has 1 N–H and O–H groups in total. The van der Waals surface area contributed by atoms with Crippen LogP contribution in [0.15, 0.2) is 30.3 Å². The molecule has 0 spiro atoms. The number of hydrogen-bond donors (Lipinski definition) is 1. The molecule has 2 atom stereocenters. The number of fused-ring (bicyclic) bond motifs is 4. The van der Waals surface area contributed by atoms with Crippen LogP contribution in [0, 0.1) is 11.7 Å². The van der Waals surface area contributed by atoms with Crippen molar-refractivity contribution < 1.29 is 9.18 Å². The topological polar surface area (TPSA) is 52.2 Å². The van der Waals surface area contributed by atoms with Crippen molar-refractivity contribution in [3.63, 3.8) is 0 Å². The average molecular weight is 370 g/mol. The summed E-state index contributed by atoms with van der Waals surface area (Å²) in [5.41, 5.74) is 2.68. The van der Waals surface area contributed by atoms with E-state index in [-0.39, 0.29) is 17.8 Å². The summed E-state index contributed by atoms with van der Waals surface area (Å²) in [5, 5.41) is 7.25. The van der Waals surface area contributed by atoms with E-state index in [2.05, 4.69) is 22.0 Å². The van der Waals surface area contributed by atoms with Gasteiger partial charge in [-0.25, -0.2) is 4.39 Å². The van der Waals surface area contributed by atoms with Crippen molar-refractivity contribution in [2.45, 2.75) is 45.2 Å². The molecule has 6 heteroatoms. The average Bonchev–Trinajstić information content (AvgIpc) is 2.96. The van der Waals surface area contributed by atoms with Gasteiger partial charge in [-0.2, -0.15) is 5.10 Å². The van der Waals surface area contributed by atoms with E-state index in [1.807, 2.05) is 23.1 Å². The minimum absolute atomic E-state index is 0.0481. The fraction of sp³-hybridized carbons (Fsp3) is 0.524. The maximum absolute atomic E-state index is 13.1. The molecule has 0 aliphatic carbocycles. The predicted molar refractivity (Wildman–Crippen MR) is 102 cm³/mol. The summed E-state index contributed by atoms with van der Waals surface area (Å²) in [4.78, 5) is 17.5. The van der Waals surface area contributed by atoms with Gasteiger partial charge in [-0.15, -0.1) is 0 Å². The second kappa shape index (κ2) is 7.80. The Bertz CT molecular complexity index is 788. The summed E-state index contributed by atoms with van der Waals surface area (Å²) < 4.78 is 13.1. The fourth-order valence-electron chi connectivity index (χ4n) is 4.42. The quantitative estimate of drug-likeness (QED) is 0.879. The molecular weight excluding hydrogens is 343 g/mol. The number of aromatic nitrogens is 2. The van der Waals surface area contributed by atoms with Gasteiger partial charge in [0.15, 0.2) is 0 Å². The van der Waals surface area contributed by atoms with E-state index in [1.54, 1.807) is 0 Å². The molecule has 3 fully saturated rings. The Balaban J connectivity index is 1.45. The lowest BCUT2D eigenvalue weighted by Crippen LogP contribution is -2.47. The number of nitrogens with one attached hydrogen (secondary N) is 1. The first-order valence-corrected chi connectivity index (χ1v) is 9.94. The molecule has 3 saturated heterocycles. The molecule has 1 aromatic carbocycles. The number of nitrogens with zero attached hydrogens (tertiary/aromatic N) is 3. The monoisotopic (exact) mass is 370 g/mol. The van der Waals surface area contributed by atoms with Crippen LogP contribution in [0.5, 0.6) is 0 Å². The number of benzene rings is 1. The molecule has 0 saturated carbocycles. The number of aryl methyl sites for hydroxylation is 1. The first-order chi connectivity index (χ1) is 13.1. The highest BCUT2D eigenvalue weighted by Gasteiger charge is 2.38. The van der Waals surface area contributed by atoms with E-state index < -0.39 is 0 Å². The van der Waals surface area contributed by atoms with E-state index in [1.165, 1.54) is 12.1 Å². The molecule has 1 aromatic heterocycles. The van der Waals surface area contributed by atoms with Crippen LogP contribution >= 0.6 is 0 Å². The summed E-state index contributed by atoms with van der Waals surface area (Å²) in [6, 6.07) is 8.86. The summed E-state index contributed by atoms with van der Waals surface area (Å²) in [6.45, 7) is 5.58. The van der Waals surface area contributed by atoms with Crippen LogP contribution in [0.1, 0.15) is 47.9 Å². The molecule has 3 aliphatic heterocycles. The molecule has 5 nitrogen and oxygen atoms in total. The molecule has 0 unspecified atom stereocenters. The lowest BCUT2D eigenvalue weighted by atomic mass is 9.94. The van der Waals surface area contributed by atoms with Crippen LogP contribution in [0.25, 0.3) is 0 Å². The van der Waals surface area contributed by atoms with Crippen LogP contribution < -0.4 is 0 Å². The largest absolute Gasteiger partial charge is 0.333 e. The SMILES string of the molecule is CCCc1cc(C(=O)N2C[C@H]3CC[C@@H]2CN(Cc2ccc(F)cc2)C3)n[nH]1. The highest BCUT2D eigenvalue weighted by Crippen LogP contribution is 2.30. The smallest absolute Gasteiger partial charge is 0.274 e. The van der Waals surface area contributed by atoms with Gasteiger partial charge in [-0.05, 0) is 48.9 Å². The standard InChI is InChI=1S/C21H27FN4O/c1-2-3-18-10-20(24-23-18)21(27)26-13-16-6-9-19(26)14-25(12-16)11-15-4-7-17(22)8-5-15/h4-5,7-8,10,16,19H,2-3,6,9,11-14H2,1H3,(H,23,24)/t16-,19+/m0/s1. The predicted octanol–water partition coefficient (Wildman–Crippen LogP) is 3.24. The number of aromatic amines is 1. The Morgan fingerprint density at radius 1 is 1.22 bits per heavy atom. The number of rotatable bonds is 5. The zero-order chi connectivity index (χ0) is 18.8. The minimum atomic E-state index is -0.201. The first-order valence-electron chi connectivity index (χ1n) is 9.94. The number of piperidine rings is 1. The van der Waals surface area contributed by atoms with Crippen molar-refractivity contribution in [2.24, 2.45) is 5.92 Å². The maximum Gasteiger partial charge on any atom is 0.274 e. The third-order valence-electron chi connectivity index (χ3n) is 5.74. The normalized spacial score (nSPS) is 22.8. The second-order valence-electron chi connectivity index (χ2n) is 7.90. The van der Waals surface area contributed by atoms with Gasteiger partial charge in [0.2, 0.25) is 0 Å². The Labute approximate surface area is 159 Å². The number of H-pyrrole nitrogens is 1. The van der Waals surface area contributed by atoms with Gasteiger partial charge in [0, 0.05) is 37.9 Å². The van der Waals surface area contributed by atoms with E-state index in [0.717, 1.165) is 63.1 Å². The third-order valence-corrected chi connectivity index (χ3v) is 5.74. The molecule has 3 aliphatic rings. The fourth-order valence-corrected chi connectivity index (χ4v) is 4.42. The van der Waals surface area contributed by atoms with Crippen molar-refractivity contribution in [2.75, 3.05) is 19.6 Å². The molecule has 2 aromatic rings. The van der Waals surface area contributed by atoms with Crippen molar-refractivity contribution in [1.29, 1.82) is 0 Å². The van der Waals surface area contributed by atoms with E-state index in [9.17, 15) is 9.18 Å². The number of carbonyl (C=O) groups excluding carboxylic acids is 1. The number of hydrogen-bond acceptors (Lipinski definition) is 3. The van der Waals surface area contributed by atoms with Crippen LogP contribution in [-0.4, -0.2) is 51.6 Å². The highest BCUT2D eigenvalue weighted by molar-refractivity contribution is 5.92. The Hall–Kier alpha value is -2.21. The van der Waals surface area contributed by atoms with Crippen LogP contribution in [0.2, 0.25) is 0 Å².